The minimum atomic E-state index is 0.764. The van der Waals surface area contributed by atoms with E-state index in [1.807, 2.05) is 0 Å². The molecule has 60 valence electrons. The van der Waals surface area contributed by atoms with Gasteiger partial charge in [0.1, 0.15) is 0 Å². The molecule has 0 amide bonds. The first-order valence-electron chi connectivity index (χ1n) is 4.27. The molecule has 1 fully saturated rings. The van der Waals surface area contributed by atoms with Gasteiger partial charge in [0.05, 0.1) is 0 Å². The molecular weight excluding hydrogens is 124 g/mol. The minimum absolute atomic E-state index is 0.764. The lowest BCUT2D eigenvalue weighted by molar-refractivity contribution is 0.223. The van der Waals surface area contributed by atoms with Crippen LogP contribution in [0.1, 0.15) is 26.7 Å². The van der Waals surface area contributed by atoms with E-state index >= 15 is 0 Å². The average Bonchev–Trinajstić information content (AvgIpc) is 2.34. The molecule has 1 rings (SSSR count). The van der Waals surface area contributed by atoms with Crippen molar-refractivity contribution in [2.24, 2.45) is 5.92 Å². The molecule has 0 bridgehead atoms. The number of nitrogens with one attached hydrogen (secondary N) is 1. The van der Waals surface area contributed by atoms with Gasteiger partial charge >= 0.3 is 0 Å². The van der Waals surface area contributed by atoms with Crippen molar-refractivity contribution in [2.75, 3.05) is 19.6 Å². The zero-order valence-electron chi connectivity index (χ0n) is 7.06. The molecule has 1 N–H and O–H groups in total. The number of hydrogen-bond acceptors (Lipinski definition) is 2. The predicted octanol–water partition coefficient (Wildman–Crippen LogP) is 1.24. The van der Waals surface area contributed by atoms with Crippen LogP contribution in [0.2, 0.25) is 0 Å². The largest absolute Gasteiger partial charge is 0.255 e. The summed E-state index contributed by atoms with van der Waals surface area (Å²) in [7, 11) is 0. The van der Waals surface area contributed by atoms with E-state index in [2.05, 4.69) is 24.3 Å². The molecule has 0 aliphatic carbocycles. The van der Waals surface area contributed by atoms with Gasteiger partial charge in [-0.15, -0.1) is 0 Å². The van der Waals surface area contributed by atoms with Gasteiger partial charge in [-0.2, -0.15) is 0 Å². The summed E-state index contributed by atoms with van der Waals surface area (Å²) in [6.07, 6.45) is 2.73. The third-order valence-corrected chi connectivity index (χ3v) is 1.83. The third kappa shape index (κ3) is 2.67. The zero-order chi connectivity index (χ0) is 7.40. The highest BCUT2D eigenvalue weighted by molar-refractivity contribution is 4.62. The van der Waals surface area contributed by atoms with E-state index in [4.69, 9.17) is 0 Å². The first kappa shape index (κ1) is 8.02. The summed E-state index contributed by atoms with van der Waals surface area (Å²) >= 11 is 0. The van der Waals surface area contributed by atoms with Crippen LogP contribution in [0.15, 0.2) is 0 Å². The van der Waals surface area contributed by atoms with Crippen molar-refractivity contribution in [1.82, 2.24) is 10.4 Å². The summed E-state index contributed by atoms with van der Waals surface area (Å²) in [5.74, 6) is 0.764. The van der Waals surface area contributed by atoms with Crippen molar-refractivity contribution in [1.29, 1.82) is 0 Å². The quantitative estimate of drug-likeness (QED) is 0.638. The molecule has 1 aliphatic heterocycles. The lowest BCUT2D eigenvalue weighted by atomic mass is 10.2. The molecule has 2 heteroatoms. The molecule has 0 saturated carbocycles. The fourth-order valence-corrected chi connectivity index (χ4v) is 1.19. The predicted molar refractivity (Wildman–Crippen MR) is 43.6 cm³/mol. The maximum atomic E-state index is 3.41. The van der Waals surface area contributed by atoms with Gasteiger partial charge in [0.2, 0.25) is 0 Å². The zero-order valence-corrected chi connectivity index (χ0v) is 7.06. The van der Waals surface area contributed by atoms with Gasteiger partial charge in [-0.05, 0) is 18.8 Å². The number of hydrazine groups is 1. The van der Waals surface area contributed by atoms with E-state index in [1.165, 1.54) is 25.9 Å². The molecule has 1 aliphatic rings. The van der Waals surface area contributed by atoms with Crippen LogP contribution < -0.4 is 5.43 Å². The van der Waals surface area contributed by atoms with Crippen LogP contribution in [-0.4, -0.2) is 24.6 Å². The summed E-state index contributed by atoms with van der Waals surface area (Å²) in [5, 5.41) is 2.33. The topological polar surface area (TPSA) is 15.3 Å². The van der Waals surface area contributed by atoms with E-state index in [-0.39, 0.29) is 0 Å². The average molecular weight is 142 g/mol. The van der Waals surface area contributed by atoms with Crippen molar-refractivity contribution >= 4 is 0 Å². The Morgan fingerprint density at radius 3 is 2.40 bits per heavy atom. The van der Waals surface area contributed by atoms with Crippen LogP contribution >= 0.6 is 0 Å². The second-order valence-corrected chi connectivity index (χ2v) is 3.45. The fourth-order valence-electron chi connectivity index (χ4n) is 1.19. The minimum Gasteiger partial charge on any atom is -0.255 e. The molecule has 0 spiro atoms. The highest BCUT2D eigenvalue weighted by Gasteiger charge is 2.09. The monoisotopic (exact) mass is 142 g/mol. The SMILES string of the molecule is CC(C)CNN1CCCC1. The van der Waals surface area contributed by atoms with E-state index in [0.717, 1.165) is 12.5 Å². The van der Waals surface area contributed by atoms with Crippen LogP contribution in [0, 0.1) is 5.92 Å². The smallest absolute Gasteiger partial charge is 0.0131 e. The second-order valence-electron chi connectivity index (χ2n) is 3.45. The summed E-state index contributed by atoms with van der Waals surface area (Å²) in [6, 6.07) is 0. The molecule has 0 atom stereocenters. The normalized spacial score (nSPS) is 20.7. The Balaban J connectivity index is 2.01. The molecule has 0 aromatic heterocycles. The van der Waals surface area contributed by atoms with Gasteiger partial charge in [-0.25, -0.2) is 5.01 Å². The van der Waals surface area contributed by atoms with Gasteiger partial charge in [0.25, 0.3) is 0 Å². The number of nitrogens with zero attached hydrogens (tertiary/aromatic N) is 1. The Morgan fingerprint density at radius 2 is 1.90 bits per heavy atom. The highest BCUT2D eigenvalue weighted by atomic mass is 15.5. The van der Waals surface area contributed by atoms with Crippen LogP contribution in [0.4, 0.5) is 0 Å². The van der Waals surface area contributed by atoms with Crippen molar-refractivity contribution in [2.45, 2.75) is 26.7 Å². The first-order valence-corrected chi connectivity index (χ1v) is 4.27. The van der Waals surface area contributed by atoms with E-state index in [1.54, 1.807) is 0 Å². The summed E-state index contributed by atoms with van der Waals surface area (Å²) in [6.45, 7) is 8.09. The summed E-state index contributed by atoms with van der Waals surface area (Å²) in [4.78, 5) is 0. The van der Waals surface area contributed by atoms with Crippen LogP contribution in [0.25, 0.3) is 0 Å². The van der Waals surface area contributed by atoms with E-state index in [9.17, 15) is 0 Å². The molecule has 1 saturated heterocycles. The molecule has 0 aromatic rings. The molecular formula is C8H18N2. The van der Waals surface area contributed by atoms with Crippen LogP contribution in [-0.2, 0) is 0 Å². The number of hydrogen-bond donors (Lipinski definition) is 1. The lowest BCUT2D eigenvalue weighted by Gasteiger charge is -2.17. The Hall–Kier alpha value is -0.0800. The Kier molecular flexibility index (Phi) is 3.16. The number of rotatable bonds is 3. The van der Waals surface area contributed by atoms with Gasteiger partial charge in [-0.1, -0.05) is 13.8 Å². The molecule has 1 heterocycles. The summed E-state index contributed by atoms with van der Waals surface area (Å²) < 4.78 is 0. The van der Waals surface area contributed by atoms with Gasteiger partial charge in [-0.3, -0.25) is 5.43 Å². The van der Waals surface area contributed by atoms with Gasteiger partial charge < -0.3 is 0 Å². The van der Waals surface area contributed by atoms with Crippen molar-refractivity contribution in [3.63, 3.8) is 0 Å². The maximum absolute atomic E-state index is 3.41. The van der Waals surface area contributed by atoms with Crippen molar-refractivity contribution < 1.29 is 0 Å². The molecule has 0 aromatic carbocycles. The van der Waals surface area contributed by atoms with Crippen LogP contribution in [0.3, 0.4) is 0 Å². The van der Waals surface area contributed by atoms with Gasteiger partial charge in [0, 0.05) is 19.6 Å². The Bertz CT molecular complexity index is 85.3. The van der Waals surface area contributed by atoms with Crippen molar-refractivity contribution in [3.8, 4) is 0 Å². The third-order valence-electron chi connectivity index (χ3n) is 1.83. The maximum Gasteiger partial charge on any atom is 0.0131 e. The first-order chi connectivity index (χ1) is 4.79. The van der Waals surface area contributed by atoms with E-state index < -0.39 is 0 Å². The van der Waals surface area contributed by atoms with Crippen molar-refractivity contribution in [3.05, 3.63) is 0 Å². The van der Waals surface area contributed by atoms with Crippen LogP contribution in [0.5, 0.6) is 0 Å². The lowest BCUT2D eigenvalue weighted by Crippen LogP contribution is -2.37. The second kappa shape index (κ2) is 3.94. The highest BCUT2D eigenvalue weighted by Crippen LogP contribution is 2.03. The van der Waals surface area contributed by atoms with Gasteiger partial charge in [0.15, 0.2) is 0 Å². The Morgan fingerprint density at radius 1 is 1.30 bits per heavy atom. The molecule has 10 heavy (non-hydrogen) atoms. The Labute approximate surface area is 63.6 Å². The van der Waals surface area contributed by atoms with E-state index in [0.29, 0.717) is 0 Å². The summed E-state index contributed by atoms with van der Waals surface area (Å²) in [5.41, 5.74) is 3.41. The standard InChI is InChI=1S/C8H18N2/c1-8(2)7-9-10-5-3-4-6-10/h8-9H,3-7H2,1-2H3. The fraction of sp³-hybridized carbons (Fsp3) is 1.00. The molecule has 0 unspecified atom stereocenters. The molecule has 2 nitrogen and oxygen atoms in total. The molecule has 0 radical (unpaired) electrons.